The fourth-order valence-electron chi connectivity index (χ4n) is 2.03. The molecule has 0 unspecified atom stereocenters. The number of aliphatic hydroxyl groups is 1. The summed E-state index contributed by atoms with van der Waals surface area (Å²) in [6.45, 7) is -0.970. The zero-order valence-corrected chi connectivity index (χ0v) is 11.4. The fourth-order valence-corrected chi connectivity index (χ4v) is 3.38. The number of rotatable bonds is 2. The van der Waals surface area contributed by atoms with Crippen LogP contribution < -0.4 is 0 Å². The summed E-state index contributed by atoms with van der Waals surface area (Å²) in [6.07, 6.45) is -6.30. The molecular weight excluding hydrogens is 313 g/mol. The molecule has 21 heavy (non-hydrogen) atoms. The molecule has 0 radical (unpaired) electrons. The fraction of sp³-hybridized carbons (Fsp3) is 0.545. The molecular formula is C11H11F3N2O4S. The average Bonchev–Trinajstić information content (AvgIpc) is 2.87. The normalized spacial score (nSPS) is 20.1. The van der Waals surface area contributed by atoms with Gasteiger partial charge in [-0.05, 0) is 25.0 Å². The molecule has 2 rings (SSSR count). The van der Waals surface area contributed by atoms with E-state index in [4.69, 9.17) is 9.68 Å². The first kappa shape index (κ1) is 15.8. The van der Waals surface area contributed by atoms with E-state index in [2.05, 4.69) is 0 Å². The molecule has 0 saturated carbocycles. The van der Waals surface area contributed by atoms with E-state index in [9.17, 15) is 26.7 Å². The van der Waals surface area contributed by atoms with Crippen LogP contribution in [0.25, 0.3) is 0 Å². The van der Waals surface area contributed by atoms with Crippen molar-refractivity contribution >= 4 is 10.0 Å². The molecule has 0 amide bonds. The highest BCUT2D eigenvalue weighted by Gasteiger charge is 2.55. The first-order valence-electron chi connectivity index (χ1n) is 5.89. The van der Waals surface area contributed by atoms with Gasteiger partial charge < -0.3 is 9.52 Å². The first-order chi connectivity index (χ1) is 9.60. The molecule has 0 atom stereocenters. The molecule has 0 spiro atoms. The molecule has 0 aliphatic carbocycles. The van der Waals surface area contributed by atoms with Crippen molar-refractivity contribution in [2.45, 2.75) is 29.7 Å². The lowest BCUT2D eigenvalue weighted by Crippen LogP contribution is -2.54. The molecule has 116 valence electrons. The molecule has 0 aromatic carbocycles. The lowest BCUT2D eigenvalue weighted by molar-refractivity contribution is -0.270. The Hall–Kier alpha value is -1.57. The summed E-state index contributed by atoms with van der Waals surface area (Å²) < 4.78 is 67.8. The zero-order valence-electron chi connectivity index (χ0n) is 10.6. The number of nitriles is 1. The summed E-state index contributed by atoms with van der Waals surface area (Å²) in [5.41, 5.74) is -2.88. The Bertz CT molecular complexity index is 666. The van der Waals surface area contributed by atoms with Gasteiger partial charge in [-0.1, -0.05) is 0 Å². The minimum atomic E-state index is -4.80. The van der Waals surface area contributed by atoms with E-state index in [1.54, 1.807) is 6.07 Å². The summed E-state index contributed by atoms with van der Waals surface area (Å²) in [5.74, 6) is -0.211. The van der Waals surface area contributed by atoms with E-state index in [-0.39, 0.29) is 5.76 Å². The van der Waals surface area contributed by atoms with Crippen LogP contribution >= 0.6 is 0 Å². The van der Waals surface area contributed by atoms with Crippen molar-refractivity contribution in [3.05, 3.63) is 17.9 Å². The molecule has 1 N–H and O–H groups in total. The largest absolute Gasteiger partial charge is 0.433 e. The number of nitrogens with zero attached hydrogens (tertiary/aromatic N) is 2. The third-order valence-electron chi connectivity index (χ3n) is 3.36. The maximum atomic E-state index is 12.6. The molecule has 1 aromatic heterocycles. The van der Waals surface area contributed by atoms with E-state index in [0.29, 0.717) is 0 Å². The second-order valence-electron chi connectivity index (χ2n) is 4.66. The Labute approximate surface area is 118 Å². The van der Waals surface area contributed by atoms with Gasteiger partial charge in [0.25, 0.3) is 10.0 Å². The van der Waals surface area contributed by atoms with Crippen molar-refractivity contribution in [1.82, 2.24) is 4.31 Å². The van der Waals surface area contributed by atoms with Gasteiger partial charge in [0.2, 0.25) is 10.9 Å². The molecule has 1 aliphatic rings. The number of furan rings is 1. The smallest absolute Gasteiger partial charge is 0.417 e. The predicted octanol–water partition coefficient (Wildman–Crippen LogP) is 1.23. The van der Waals surface area contributed by atoms with Crippen molar-refractivity contribution < 1.29 is 31.1 Å². The van der Waals surface area contributed by atoms with Crippen molar-refractivity contribution in [3.63, 3.8) is 0 Å². The van der Waals surface area contributed by atoms with Gasteiger partial charge in [-0.15, -0.1) is 0 Å². The Morgan fingerprint density at radius 3 is 2.33 bits per heavy atom. The van der Waals surface area contributed by atoms with Crippen LogP contribution in [0, 0.1) is 11.3 Å². The third kappa shape index (κ3) is 2.76. The van der Waals surface area contributed by atoms with Crippen LogP contribution in [-0.2, 0) is 10.0 Å². The molecule has 0 bridgehead atoms. The number of hydrogen-bond acceptors (Lipinski definition) is 5. The van der Waals surface area contributed by atoms with E-state index >= 15 is 0 Å². The quantitative estimate of drug-likeness (QED) is 0.883. The van der Waals surface area contributed by atoms with Crippen molar-refractivity contribution in [3.8, 4) is 6.07 Å². The van der Waals surface area contributed by atoms with Crippen LogP contribution in [0.15, 0.2) is 21.6 Å². The minimum Gasteiger partial charge on any atom is -0.433 e. The number of alkyl halides is 3. The molecule has 2 heterocycles. The SMILES string of the molecule is N#Cc1ccc(S(=O)(=O)N2CCC(O)(C(F)(F)F)CC2)o1. The van der Waals surface area contributed by atoms with Gasteiger partial charge in [0.15, 0.2) is 5.60 Å². The van der Waals surface area contributed by atoms with Gasteiger partial charge >= 0.3 is 6.18 Å². The van der Waals surface area contributed by atoms with Gasteiger partial charge in [-0.3, -0.25) is 0 Å². The van der Waals surface area contributed by atoms with Gasteiger partial charge in [-0.2, -0.15) is 22.7 Å². The summed E-state index contributed by atoms with van der Waals surface area (Å²) in [4.78, 5) is 0. The highest BCUT2D eigenvalue weighted by molar-refractivity contribution is 7.89. The number of piperidine rings is 1. The second-order valence-corrected chi connectivity index (χ2v) is 6.53. The Balaban J connectivity index is 2.17. The number of halogens is 3. The molecule has 6 nitrogen and oxygen atoms in total. The highest BCUT2D eigenvalue weighted by atomic mass is 32.2. The Kier molecular flexibility index (Phi) is 3.77. The summed E-state index contributed by atoms with van der Waals surface area (Å²) in [5, 5.41) is 17.6. The monoisotopic (exact) mass is 324 g/mol. The topological polar surface area (TPSA) is 94.5 Å². The van der Waals surface area contributed by atoms with Crippen LogP contribution in [0.2, 0.25) is 0 Å². The lowest BCUT2D eigenvalue weighted by atomic mass is 9.92. The van der Waals surface area contributed by atoms with Crippen LogP contribution in [-0.4, -0.2) is 42.7 Å². The first-order valence-corrected chi connectivity index (χ1v) is 7.33. The van der Waals surface area contributed by atoms with E-state index in [1.807, 2.05) is 0 Å². The minimum absolute atomic E-state index is 0.211. The summed E-state index contributed by atoms with van der Waals surface area (Å²) >= 11 is 0. The number of sulfonamides is 1. The highest BCUT2D eigenvalue weighted by Crippen LogP contribution is 2.39. The molecule has 1 fully saturated rings. The molecule has 1 aromatic rings. The second kappa shape index (κ2) is 5.01. The lowest BCUT2D eigenvalue weighted by Gasteiger charge is -2.38. The number of hydrogen-bond donors (Lipinski definition) is 1. The van der Waals surface area contributed by atoms with E-state index < -0.39 is 52.8 Å². The molecule has 10 heteroatoms. The van der Waals surface area contributed by atoms with Crippen LogP contribution in [0.4, 0.5) is 13.2 Å². The Morgan fingerprint density at radius 1 is 1.33 bits per heavy atom. The van der Waals surface area contributed by atoms with Gasteiger partial charge in [-0.25, -0.2) is 8.42 Å². The van der Waals surface area contributed by atoms with Crippen molar-refractivity contribution in [1.29, 1.82) is 5.26 Å². The van der Waals surface area contributed by atoms with Gasteiger partial charge in [0.05, 0.1) is 0 Å². The van der Waals surface area contributed by atoms with E-state index in [0.717, 1.165) is 16.4 Å². The van der Waals surface area contributed by atoms with Crippen LogP contribution in [0.3, 0.4) is 0 Å². The third-order valence-corrected chi connectivity index (χ3v) is 5.14. The average molecular weight is 324 g/mol. The van der Waals surface area contributed by atoms with Crippen LogP contribution in [0.5, 0.6) is 0 Å². The van der Waals surface area contributed by atoms with Gasteiger partial charge in [0.1, 0.15) is 6.07 Å². The van der Waals surface area contributed by atoms with Crippen LogP contribution in [0.1, 0.15) is 18.6 Å². The van der Waals surface area contributed by atoms with Gasteiger partial charge in [0, 0.05) is 13.1 Å². The standard InChI is InChI=1S/C11H11F3N2O4S/c12-11(13,14)10(17)3-5-16(6-4-10)21(18,19)9-2-1-8(7-15)20-9/h1-2,17H,3-6H2. The van der Waals surface area contributed by atoms with E-state index in [1.165, 1.54) is 0 Å². The predicted molar refractivity (Wildman–Crippen MR) is 62.4 cm³/mol. The Morgan fingerprint density at radius 2 is 1.90 bits per heavy atom. The van der Waals surface area contributed by atoms with Crippen molar-refractivity contribution in [2.24, 2.45) is 0 Å². The zero-order chi connectivity index (χ0) is 15.9. The van der Waals surface area contributed by atoms with Crippen molar-refractivity contribution in [2.75, 3.05) is 13.1 Å². The maximum Gasteiger partial charge on any atom is 0.417 e. The molecule has 1 saturated heterocycles. The summed E-state index contributed by atoms with van der Waals surface area (Å²) in [7, 11) is -4.11. The maximum absolute atomic E-state index is 12.6. The molecule has 1 aliphatic heterocycles. The summed E-state index contributed by atoms with van der Waals surface area (Å²) in [6, 6.07) is 3.84.